The summed E-state index contributed by atoms with van der Waals surface area (Å²) >= 11 is 0. The Bertz CT molecular complexity index is 1070. The molecule has 1 aromatic carbocycles. The molecular formula is C20H22F3N7O4. The number of alkyl halides is 3. The first-order valence-corrected chi connectivity index (χ1v) is 9.92. The van der Waals surface area contributed by atoms with E-state index >= 15 is 0 Å². The number of primary amides is 1. The second-order valence-corrected chi connectivity index (χ2v) is 6.73. The smallest absolute Gasteiger partial charge is 0.416 e. The number of nitrogens with two attached hydrogens (primary N) is 2. The molecule has 0 aliphatic rings. The molecule has 0 spiro atoms. The first-order valence-electron chi connectivity index (χ1n) is 9.92. The van der Waals surface area contributed by atoms with Crippen LogP contribution in [0.15, 0.2) is 24.3 Å². The number of hydrogen-bond acceptors (Lipinski definition) is 9. The summed E-state index contributed by atoms with van der Waals surface area (Å²) in [5, 5.41) is 14.7. The van der Waals surface area contributed by atoms with Gasteiger partial charge in [0.25, 0.3) is 0 Å². The summed E-state index contributed by atoms with van der Waals surface area (Å²) in [5.74, 6) is -1.19. The van der Waals surface area contributed by atoms with Crippen LogP contribution in [-0.2, 0) is 15.7 Å². The van der Waals surface area contributed by atoms with Gasteiger partial charge in [0.1, 0.15) is 12.1 Å². The highest BCUT2D eigenvalue weighted by Gasteiger charge is 2.31. The van der Waals surface area contributed by atoms with Gasteiger partial charge in [-0.25, -0.2) is 4.79 Å². The predicted octanol–water partition coefficient (Wildman–Crippen LogP) is 2.64. The molecule has 0 aliphatic heterocycles. The fraction of sp³-hybridized carbons (Fsp3) is 0.350. The molecule has 0 unspecified atom stereocenters. The first kappa shape index (κ1) is 26.0. The van der Waals surface area contributed by atoms with Crippen molar-refractivity contribution in [2.75, 3.05) is 29.6 Å². The fourth-order valence-corrected chi connectivity index (χ4v) is 2.80. The fourth-order valence-electron chi connectivity index (χ4n) is 2.80. The van der Waals surface area contributed by atoms with E-state index < -0.39 is 29.8 Å². The zero-order valence-electron chi connectivity index (χ0n) is 18.0. The number of benzene rings is 1. The number of carbonyl (C=O) groups excluding carboxylic acids is 2. The van der Waals surface area contributed by atoms with E-state index in [9.17, 15) is 28.0 Å². The van der Waals surface area contributed by atoms with Gasteiger partial charge in [-0.3, -0.25) is 4.79 Å². The lowest BCUT2D eigenvalue weighted by molar-refractivity contribution is -0.137. The average Bonchev–Trinajstić information content (AvgIpc) is 2.75. The van der Waals surface area contributed by atoms with Gasteiger partial charge in [-0.05, 0) is 38.0 Å². The Hall–Kier alpha value is -4.28. The number of ether oxygens (including phenoxy) is 2. The van der Waals surface area contributed by atoms with Gasteiger partial charge in [0, 0.05) is 5.69 Å². The molecule has 1 atom stereocenters. The number of carbonyl (C=O) groups is 2. The molecular weight excluding hydrogens is 459 g/mol. The maximum absolute atomic E-state index is 13.0. The number of nitrogens with one attached hydrogen (secondary N) is 2. The normalized spacial score (nSPS) is 11.7. The minimum atomic E-state index is -4.60. The summed E-state index contributed by atoms with van der Waals surface area (Å²) in [5.41, 5.74) is 9.42. The Kier molecular flexibility index (Phi) is 8.82. The van der Waals surface area contributed by atoms with Crippen LogP contribution in [0.3, 0.4) is 0 Å². The molecule has 2 amide bonds. The SMILES string of the molecule is CCOc1nc(N)nc(N[C@@H](CCCOC(N)=O)C(=O)Nc2cccc(C(F)(F)F)c2)c1C#N. The van der Waals surface area contributed by atoms with Crippen LogP contribution in [0.1, 0.15) is 30.9 Å². The number of hydrogen-bond donors (Lipinski definition) is 4. The maximum Gasteiger partial charge on any atom is 0.416 e. The van der Waals surface area contributed by atoms with E-state index in [4.69, 9.17) is 16.2 Å². The van der Waals surface area contributed by atoms with Gasteiger partial charge in [0.15, 0.2) is 11.4 Å². The van der Waals surface area contributed by atoms with Crippen molar-refractivity contribution >= 4 is 29.5 Å². The third-order valence-electron chi connectivity index (χ3n) is 4.25. The van der Waals surface area contributed by atoms with Crippen LogP contribution in [-0.4, -0.2) is 41.2 Å². The predicted molar refractivity (Wildman–Crippen MR) is 115 cm³/mol. The summed E-state index contributed by atoms with van der Waals surface area (Å²) < 4.78 is 48.9. The van der Waals surface area contributed by atoms with Crippen molar-refractivity contribution in [1.82, 2.24) is 9.97 Å². The number of nitrogen functional groups attached to an aromatic ring is 1. The third-order valence-corrected chi connectivity index (χ3v) is 4.25. The number of amides is 2. The van der Waals surface area contributed by atoms with Crippen molar-refractivity contribution in [2.24, 2.45) is 5.73 Å². The Morgan fingerprint density at radius 1 is 1.29 bits per heavy atom. The highest BCUT2D eigenvalue weighted by Crippen LogP contribution is 2.31. The van der Waals surface area contributed by atoms with Crippen molar-refractivity contribution in [3.63, 3.8) is 0 Å². The number of nitrogens with zero attached hydrogens (tertiary/aromatic N) is 3. The Morgan fingerprint density at radius 3 is 2.65 bits per heavy atom. The Morgan fingerprint density at radius 2 is 2.03 bits per heavy atom. The highest BCUT2D eigenvalue weighted by atomic mass is 19.4. The van der Waals surface area contributed by atoms with Gasteiger partial charge >= 0.3 is 12.3 Å². The topological polar surface area (TPSA) is 178 Å². The van der Waals surface area contributed by atoms with Gasteiger partial charge < -0.3 is 31.6 Å². The van der Waals surface area contributed by atoms with Crippen LogP contribution in [0.4, 0.5) is 35.4 Å². The largest absolute Gasteiger partial charge is 0.477 e. The second-order valence-electron chi connectivity index (χ2n) is 6.73. The number of anilines is 3. The molecule has 0 fully saturated rings. The Balaban J connectivity index is 2.31. The zero-order valence-corrected chi connectivity index (χ0v) is 18.0. The number of nitriles is 1. The summed E-state index contributed by atoms with van der Waals surface area (Å²) in [7, 11) is 0. The van der Waals surface area contributed by atoms with E-state index in [0.717, 1.165) is 18.2 Å². The first-order chi connectivity index (χ1) is 16.0. The molecule has 0 bridgehead atoms. The summed E-state index contributed by atoms with van der Waals surface area (Å²) in [6, 6.07) is 4.82. The van der Waals surface area contributed by atoms with Crippen LogP contribution in [0.2, 0.25) is 0 Å². The van der Waals surface area contributed by atoms with E-state index in [1.54, 1.807) is 6.92 Å². The average molecular weight is 481 g/mol. The molecule has 6 N–H and O–H groups in total. The van der Waals surface area contributed by atoms with Crippen LogP contribution in [0.25, 0.3) is 0 Å². The summed E-state index contributed by atoms with van der Waals surface area (Å²) in [6.45, 7) is 1.72. The highest BCUT2D eigenvalue weighted by molar-refractivity contribution is 5.96. The maximum atomic E-state index is 13.0. The standard InChI is InChI=1S/C20H22F3N7O4/c1-2-33-17-13(10-24)15(29-18(25)30-17)28-14(7-4-8-34-19(26)32)16(31)27-12-6-3-5-11(9-12)20(21,22)23/h3,5-6,9,14H,2,4,7-8H2,1H3,(H2,26,32)(H,27,31)(H3,25,28,29,30)/t14-/m0/s1. The van der Waals surface area contributed by atoms with E-state index in [2.05, 4.69) is 25.3 Å². The van der Waals surface area contributed by atoms with Crippen molar-refractivity contribution < 1.29 is 32.2 Å². The zero-order chi connectivity index (χ0) is 25.3. The van der Waals surface area contributed by atoms with Crippen molar-refractivity contribution in [3.05, 3.63) is 35.4 Å². The molecule has 1 heterocycles. The van der Waals surface area contributed by atoms with E-state index in [-0.39, 0.29) is 55.0 Å². The molecule has 0 saturated heterocycles. The molecule has 34 heavy (non-hydrogen) atoms. The quantitative estimate of drug-likeness (QED) is 0.371. The minimum Gasteiger partial charge on any atom is -0.477 e. The molecule has 0 aliphatic carbocycles. The van der Waals surface area contributed by atoms with Crippen molar-refractivity contribution in [3.8, 4) is 11.9 Å². The lowest BCUT2D eigenvalue weighted by atomic mass is 10.1. The number of aromatic nitrogens is 2. The van der Waals surface area contributed by atoms with E-state index in [1.807, 2.05) is 6.07 Å². The molecule has 2 rings (SSSR count). The molecule has 11 nitrogen and oxygen atoms in total. The molecule has 2 aromatic rings. The van der Waals surface area contributed by atoms with Gasteiger partial charge in [-0.15, -0.1) is 0 Å². The van der Waals surface area contributed by atoms with Crippen LogP contribution < -0.4 is 26.8 Å². The Labute approximate surface area is 192 Å². The molecule has 1 aromatic heterocycles. The van der Waals surface area contributed by atoms with E-state index in [1.165, 1.54) is 6.07 Å². The summed E-state index contributed by atoms with van der Waals surface area (Å²) in [4.78, 5) is 31.5. The lowest BCUT2D eigenvalue weighted by Gasteiger charge is -2.20. The lowest BCUT2D eigenvalue weighted by Crippen LogP contribution is -2.36. The van der Waals surface area contributed by atoms with Crippen LogP contribution in [0.5, 0.6) is 5.88 Å². The van der Waals surface area contributed by atoms with Crippen LogP contribution >= 0.6 is 0 Å². The van der Waals surface area contributed by atoms with Gasteiger partial charge in [-0.1, -0.05) is 6.07 Å². The summed E-state index contributed by atoms with van der Waals surface area (Å²) in [6.07, 6.45) is -5.43. The molecule has 182 valence electrons. The van der Waals surface area contributed by atoms with Gasteiger partial charge in [0.05, 0.1) is 18.8 Å². The third kappa shape index (κ3) is 7.40. The van der Waals surface area contributed by atoms with Gasteiger partial charge in [0.2, 0.25) is 17.7 Å². The molecule has 0 saturated carbocycles. The van der Waals surface area contributed by atoms with Gasteiger partial charge in [-0.2, -0.15) is 28.4 Å². The number of halogens is 3. The van der Waals surface area contributed by atoms with Crippen molar-refractivity contribution in [1.29, 1.82) is 5.26 Å². The van der Waals surface area contributed by atoms with Crippen molar-refractivity contribution in [2.45, 2.75) is 32.0 Å². The van der Waals surface area contributed by atoms with E-state index in [0.29, 0.717) is 0 Å². The second kappa shape index (κ2) is 11.5. The van der Waals surface area contributed by atoms with Crippen LogP contribution in [0, 0.1) is 11.3 Å². The molecule has 14 heteroatoms. The molecule has 0 radical (unpaired) electrons. The number of rotatable bonds is 10. The monoisotopic (exact) mass is 481 g/mol. The minimum absolute atomic E-state index is 0.0246.